The highest BCUT2D eigenvalue weighted by Gasteiger charge is 2.05. The first kappa shape index (κ1) is 13.4. The Labute approximate surface area is 114 Å². The van der Waals surface area contributed by atoms with Crippen LogP contribution in [0, 0.1) is 6.92 Å². The summed E-state index contributed by atoms with van der Waals surface area (Å²) in [4.78, 5) is 0. The van der Waals surface area contributed by atoms with Crippen molar-refractivity contribution in [2.75, 3.05) is 7.11 Å². The highest BCUT2D eigenvalue weighted by Crippen LogP contribution is 2.20. The number of ether oxygens (including phenoxy) is 1. The molecule has 19 heavy (non-hydrogen) atoms. The van der Waals surface area contributed by atoms with Crippen LogP contribution in [0.25, 0.3) is 6.08 Å². The van der Waals surface area contributed by atoms with Gasteiger partial charge in [-0.3, -0.25) is 0 Å². The van der Waals surface area contributed by atoms with Crippen molar-refractivity contribution >= 4 is 6.08 Å². The Morgan fingerprint density at radius 3 is 2.63 bits per heavy atom. The SMILES string of the molecule is COc1cccc(/C=C/C(O)c2ccccc2C)c1. The zero-order valence-electron chi connectivity index (χ0n) is 11.2. The predicted octanol–water partition coefficient (Wildman–Crippen LogP) is 3.75. The van der Waals surface area contributed by atoms with E-state index in [0.717, 1.165) is 22.4 Å². The minimum absolute atomic E-state index is 0.590. The van der Waals surface area contributed by atoms with Crippen molar-refractivity contribution in [1.82, 2.24) is 0 Å². The van der Waals surface area contributed by atoms with Crippen LogP contribution in [-0.4, -0.2) is 12.2 Å². The van der Waals surface area contributed by atoms with E-state index in [9.17, 15) is 5.11 Å². The fraction of sp³-hybridized carbons (Fsp3) is 0.176. The minimum Gasteiger partial charge on any atom is -0.497 e. The van der Waals surface area contributed by atoms with E-state index in [2.05, 4.69) is 0 Å². The molecule has 2 rings (SSSR count). The zero-order chi connectivity index (χ0) is 13.7. The van der Waals surface area contributed by atoms with Crippen molar-refractivity contribution in [1.29, 1.82) is 0 Å². The number of aliphatic hydroxyl groups excluding tert-OH is 1. The van der Waals surface area contributed by atoms with Gasteiger partial charge in [-0.1, -0.05) is 48.6 Å². The van der Waals surface area contributed by atoms with E-state index in [4.69, 9.17) is 4.74 Å². The van der Waals surface area contributed by atoms with Gasteiger partial charge in [0.25, 0.3) is 0 Å². The molecule has 0 spiro atoms. The molecule has 2 nitrogen and oxygen atoms in total. The number of hydrogen-bond donors (Lipinski definition) is 1. The number of aliphatic hydroxyl groups is 1. The fourth-order valence-corrected chi connectivity index (χ4v) is 1.97. The van der Waals surface area contributed by atoms with Crippen LogP contribution >= 0.6 is 0 Å². The molecule has 0 saturated heterocycles. The lowest BCUT2D eigenvalue weighted by Crippen LogP contribution is -1.95. The van der Waals surface area contributed by atoms with Gasteiger partial charge in [-0.25, -0.2) is 0 Å². The standard InChI is InChI=1S/C17H18O2/c1-13-6-3-4-9-16(13)17(18)11-10-14-7-5-8-15(12-14)19-2/h3-12,17-18H,1-2H3/b11-10+. The number of rotatable bonds is 4. The molecule has 1 atom stereocenters. The van der Waals surface area contributed by atoms with Crippen LogP contribution in [0.4, 0.5) is 0 Å². The van der Waals surface area contributed by atoms with E-state index < -0.39 is 6.10 Å². The maximum atomic E-state index is 10.2. The summed E-state index contributed by atoms with van der Waals surface area (Å²) in [6, 6.07) is 15.6. The Morgan fingerprint density at radius 1 is 1.11 bits per heavy atom. The van der Waals surface area contributed by atoms with Crippen molar-refractivity contribution in [3.63, 3.8) is 0 Å². The van der Waals surface area contributed by atoms with Crippen molar-refractivity contribution in [2.45, 2.75) is 13.0 Å². The maximum Gasteiger partial charge on any atom is 0.119 e. The molecule has 2 aromatic rings. The molecule has 0 heterocycles. The maximum absolute atomic E-state index is 10.2. The van der Waals surface area contributed by atoms with Gasteiger partial charge < -0.3 is 9.84 Å². The van der Waals surface area contributed by atoms with E-state index in [1.807, 2.05) is 61.5 Å². The highest BCUT2D eigenvalue weighted by molar-refractivity contribution is 5.53. The molecule has 2 aromatic carbocycles. The third kappa shape index (κ3) is 3.46. The Balaban J connectivity index is 2.16. The van der Waals surface area contributed by atoms with Crippen molar-refractivity contribution < 1.29 is 9.84 Å². The molecule has 0 aliphatic rings. The van der Waals surface area contributed by atoms with Crippen molar-refractivity contribution in [3.05, 3.63) is 71.3 Å². The monoisotopic (exact) mass is 254 g/mol. The van der Waals surface area contributed by atoms with Gasteiger partial charge in [-0.2, -0.15) is 0 Å². The van der Waals surface area contributed by atoms with Crippen LogP contribution in [0.2, 0.25) is 0 Å². The van der Waals surface area contributed by atoms with E-state index in [0.29, 0.717) is 0 Å². The van der Waals surface area contributed by atoms with E-state index in [1.165, 1.54) is 0 Å². The van der Waals surface area contributed by atoms with Gasteiger partial charge >= 0.3 is 0 Å². The fourth-order valence-electron chi connectivity index (χ4n) is 1.97. The molecule has 0 aromatic heterocycles. The average Bonchev–Trinajstić information content (AvgIpc) is 2.45. The number of hydrogen-bond acceptors (Lipinski definition) is 2. The number of aryl methyl sites for hydroxylation is 1. The lowest BCUT2D eigenvalue weighted by molar-refractivity contribution is 0.229. The van der Waals surface area contributed by atoms with E-state index in [1.54, 1.807) is 13.2 Å². The smallest absolute Gasteiger partial charge is 0.119 e. The Bertz CT molecular complexity index is 573. The predicted molar refractivity (Wildman–Crippen MR) is 78.2 cm³/mol. The molecule has 0 saturated carbocycles. The second kappa shape index (κ2) is 6.21. The average molecular weight is 254 g/mol. The lowest BCUT2D eigenvalue weighted by atomic mass is 10.0. The molecule has 98 valence electrons. The summed E-state index contributed by atoms with van der Waals surface area (Å²) in [6.45, 7) is 2.00. The van der Waals surface area contributed by atoms with Crippen molar-refractivity contribution in [3.8, 4) is 5.75 Å². The van der Waals surface area contributed by atoms with Crippen LogP contribution in [0.3, 0.4) is 0 Å². The summed E-state index contributed by atoms with van der Waals surface area (Å²) < 4.78 is 5.17. The summed E-state index contributed by atoms with van der Waals surface area (Å²) in [5.74, 6) is 0.813. The zero-order valence-corrected chi connectivity index (χ0v) is 11.2. The van der Waals surface area contributed by atoms with Gasteiger partial charge in [-0.05, 0) is 35.7 Å². The van der Waals surface area contributed by atoms with Gasteiger partial charge in [0.1, 0.15) is 5.75 Å². The largest absolute Gasteiger partial charge is 0.497 e. The third-order valence-corrected chi connectivity index (χ3v) is 3.07. The quantitative estimate of drug-likeness (QED) is 0.900. The Hall–Kier alpha value is -2.06. The highest BCUT2D eigenvalue weighted by atomic mass is 16.5. The van der Waals surface area contributed by atoms with Gasteiger partial charge in [0.2, 0.25) is 0 Å². The molecule has 0 aliphatic heterocycles. The summed E-state index contributed by atoms with van der Waals surface area (Å²) in [7, 11) is 1.64. The van der Waals surface area contributed by atoms with Gasteiger partial charge in [0, 0.05) is 0 Å². The molecular weight excluding hydrogens is 236 g/mol. The second-order valence-electron chi connectivity index (χ2n) is 4.44. The third-order valence-electron chi connectivity index (χ3n) is 3.07. The molecular formula is C17H18O2. The van der Waals surface area contributed by atoms with Crippen LogP contribution < -0.4 is 4.74 Å². The summed E-state index contributed by atoms with van der Waals surface area (Å²) in [5.41, 5.74) is 3.03. The first-order valence-corrected chi connectivity index (χ1v) is 6.26. The molecule has 0 fully saturated rings. The Kier molecular flexibility index (Phi) is 4.37. The number of methoxy groups -OCH3 is 1. The summed E-state index contributed by atoms with van der Waals surface area (Å²) >= 11 is 0. The number of benzene rings is 2. The van der Waals surface area contributed by atoms with E-state index in [-0.39, 0.29) is 0 Å². The van der Waals surface area contributed by atoms with Crippen LogP contribution in [-0.2, 0) is 0 Å². The van der Waals surface area contributed by atoms with Crippen molar-refractivity contribution in [2.24, 2.45) is 0 Å². The normalized spacial score (nSPS) is 12.6. The topological polar surface area (TPSA) is 29.5 Å². The molecule has 0 bridgehead atoms. The molecule has 0 aliphatic carbocycles. The molecule has 2 heteroatoms. The van der Waals surface area contributed by atoms with Gasteiger partial charge in [0.15, 0.2) is 0 Å². The molecule has 0 radical (unpaired) electrons. The molecule has 1 unspecified atom stereocenters. The molecule has 1 N–H and O–H groups in total. The summed E-state index contributed by atoms with van der Waals surface area (Å²) in [6.07, 6.45) is 3.10. The first-order chi connectivity index (χ1) is 9.20. The Morgan fingerprint density at radius 2 is 1.89 bits per heavy atom. The van der Waals surface area contributed by atoms with Crippen LogP contribution in [0.1, 0.15) is 22.8 Å². The van der Waals surface area contributed by atoms with E-state index >= 15 is 0 Å². The first-order valence-electron chi connectivity index (χ1n) is 6.26. The summed E-state index contributed by atoms with van der Waals surface area (Å²) in [5, 5.41) is 10.2. The van der Waals surface area contributed by atoms with Gasteiger partial charge in [-0.15, -0.1) is 0 Å². The van der Waals surface area contributed by atoms with Crippen LogP contribution in [0.5, 0.6) is 5.75 Å². The minimum atomic E-state index is -0.590. The van der Waals surface area contributed by atoms with Gasteiger partial charge in [0.05, 0.1) is 13.2 Å². The lowest BCUT2D eigenvalue weighted by Gasteiger charge is -2.09. The molecule has 0 amide bonds. The second-order valence-corrected chi connectivity index (χ2v) is 4.44. The van der Waals surface area contributed by atoms with Crippen LogP contribution in [0.15, 0.2) is 54.6 Å².